The summed E-state index contributed by atoms with van der Waals surface area (Å²) in [7, 11) is 1.96. The number of benzene rings is 1. The summed E-state index contributed by atoms with van der Waals surface area (Å²) < 4.78 is 38.4. The molecule has 1 aromatic rings. The number of thioether (sulfide) groups is 1. The molecule has 2 fully saturated rings. The topological polar surface area (TPSA) is 82.9 Å². The number of amidine groups is 1. The van der Waals surface area contributed by atoms with Crippen molar-refractivity contribution >= 4 is 17.6 Å². The average Bonchev–Trinajstić information content (AvgIpc) is 3.12. The second-order valence-electron chi connectivity index (χ2n) is 9.02. The van der Waals surface area contributed by atoms with Crippen LogP contribution in [0.15, 0.2) is 53.4 Å². The molecule has 6 nitrogen and oxygen atoms in total. The molecule has 10 heteroatoms. The van der Waals surface area contributed by atoms with E-state index in [2.05, 4.69) is 15.4 Å². The molecule has 1 saturated carbocycles. The van der Waals surface area contributed by atoms with E-state index < -0.39 is 11.7 Å². The Kier molecular flexibility index (Phi) is 6.86. The van der Waals surface area contributed by atoms with E-state index in [-0.39, 0.29) is 10.9 Å². The molecule has 1 aromatic carbocycles. The lowest BCUT2D eigenvalue weighted by Gasteiger charge is -2.22. The molecule has 3 aliphatic rings. The summed E-state index contributed by atoms with van der Waals surface area (Å²) in [5.74, 6) is 2.08. The van der Waals surface area contributed by atoms with Gasteiger partial charge in [-0.1, -0.05) is 12.1 Å². The zero-order chi connectivity index (χ0) is 23.6. The van der Waals surface area contributed by atoms with Crippen LogP contribution in [0.25, 0.3) is 0 Å². The zero-order valence-corrected chi connectivity index (χ0v) is 19.5. The minimum Gasteiger partial charge on any atom is -0.405 e. The highest BCUT2D eigenvalue weighted by Gasteiger charge is 2.57. The van der Waals surface area contributed by atoms with Crippen LogP contribution in [0.1, 0.15) is 36.3 Å². The van der Waals surface area contributed by atoms with E-state index in [1.807, 2.05) is 11.9 Å². The Hall–Kier alpha value is -2.33. The van der Waals surface area contributed by atoms with Crippen LogP contribution in [0.4, 0.5) is 13.2 Å². The van der Waals surface area contributed by atoms with Gasteiger partial charge in [0.05, 0.1) is 11.3 Å². The van der Waals surface area contributed by atoms with Crippen molar-refractivity contribution in [1.29, 1.82) is 0 Å². The number of allylic oxidation sites excluding steroid dienone is 2. The lowest BCUT2D eigenvalue weighted by atomic mass is 9.97. The third-order valence-corrected chi connectivity index (χ3v) is 8.06. The van der Waals surface area contributed by atoms with Crippen LogP contribution in [0.3, 0.4) is 0 Å². The quantitative estimate of drug-likeness (QED) is 0.391. The molecule has 1 spiro atoms. The molecule has 3 atom stereocenters. The Labute approximate surface area is 196 Å². The summed E-state index contributed by atoms with van der Waals surface area (Å²) in [6.07, 6.45) is 3.82. The fourth-order valence-electron chi connectivity index (χ4n) is 4.88. The highest BCUT2D eigenvalue weighted by molar-refractivity contribution is 7.99. The van der Waals surface area contributed by atoms with Crippen LogP contribution in [0.5, 0.6) is 0 Å². The molecule has 2 aliphatic heterocycles. The van der Waals surface area contributed by atoms with Crippen LogP contribution in [-0.2, 0) is 6.18 Å². The van der Waals surface area contributed by atoms with Gasteiger partial charge in [-0.2, -0.15) is 18.3 Å². The third-order valence-electron chi connectivity index (χ3n) is 6.80. The number of hydrogen-bond donors (Lipinski definition) is 3. The van der Waals surface area contributed by atoms with E-state index >= 15 is 0 Å². The Balaban J connectivity index is 1.18. The average molecular weight is 481 g/mol. The molecular formula is C23H31F3N6S. The molecule has 33 heavy (non-hydrogen) atoms. The number of hydrazone groups is 1. The zero-order valence-electron chi connectivity index (χ0n) is 18.7. The van der Waals surface area contributed by atoms with Gasteiger partial charge in [0, 0.05) is 13.6 Å². The Morgan fingerprint density at radius 3 is 2.79 bits per heavy atom. The number of halogens is 3. The van der Waals surface area contributed by atoms with Gasteiger partial charge in [0.25, 0.3) is 0 Å². The van der Waals surface area contributed by atoms with Crippen molar-refractivity contribution in [3.05, 3.63) is 59.4 Å². The van der Waals surface area contributed by atoms with E-state index in [0.29, 0.717) is 17.5 Å². The summed E-state index contributed by atoms with van der Waals surface area (Å²) in [5, 5.41) is 4.32. The number of alkyl halides is 3. The highest BCUT2D eigenvalue weighted by Crippen LogP contribution is 2.64. The van der Waals surface area contributed by atoms with Crippen LogP contribution < -0.4 is 16.9 Å². The highest BCUT2D eigenvalue weighted by atomic mass is 32.2. The minimum atomic E-state index is -4.27. The SMILES string of the molecule is CN1C(/C(N)=C/C=C\N)=NNC1SCCCN1CC[C@]2(C[C@H]2c2ccc(C(F)(F)F)cc2)C1. The van der Waals surface area contributed by atoms with E-state index in [1.165, 1.54) is 18.3 Å². The number of rotatable bonds is 8. The molecular weight excluding hydrogens is 449 g/mol. The number of hydrogen-bond acceptors (Lipinski definition) is 7. The van der Waals surface area contributed by atoms with E-state index in [1.54, 1.807) is 36.0 Å². The summed E-state index contributed by atoms with van der Waals surface area (Å²) in [5.41, 5.74) is 15.8. The van der Waals surface area contributed by atoms with Crippen molar-refractivity contribution < 1.29 is 13.2 Å². The van der Waals surface area contributed by atoms with Crippen molar-refractivity contribution in [2.45, 2.75) is 36.9 Å². The molecule has 4 rings (SSSR count). The molecule has 0 radical (unpaired) electrons. The maximum absolute atomic E-state index is 12.8. The molecule has 1 aliphatic carbocycles. The number of likely N-dealkylation sites (N-methyl/N-ethyl adjacent to an activating group) is 1. The van der Waals surface area contributed by atoms with Crippen LogP contribution in [0, 0.1) is 5.41 Å². The summed E-state index contributed by atoms with van der Waals surface area (Å²) in [6.45, 7) is 3.13. The molecule has 0 aromatic heterocycles. The first kappa shape index (κ1) is 23.8. The smallest absolute Gasteiger partial charge is 0.405 e. The summed E-state index contributed by atoms with van der Waals surface area (Å²) in [6, 6.07) is 5.76. The van der Waals surface area contributed by atoms with Crippen LogP contribution in [-0.4, -0.2) is 53.6 Å². The number of nitrogens with zero attached hydrogens (tertiary/aromatic N) is 3. The number of nitrogens with one attached hydrogen (secondary N) is 1. The fourth-order valence-corrected chi connectivity index (χ4v) is 5.85. The second kappa shape index (κ2) is 9.50. The fraction of sp³-hybridized carbons (Fsp3) is 0.522. The molecule has 5 N–H and O–H groups in total. The lowest BCUT2D eigenvalue weighted by Crippen LogP contribution is -2.36. The predicted molar refractivity (Wildman–Crippen MR) is 127 cm³/mol. The first-order valence-electron chi connectivity index (χ1n) is 11.1. The normalized spacial score (nSPS) is 28.1. The van der Waals surface area contributed by atoms with Gasteiger partial charge >= 0.3 is 6.18 Å². The Morgan fingerprint density at radius 1 is 1.33 bits per heavy atom. The first-order valence-corrected chi connectivity index (χ1v) is 12.2. The van der Waals surface area contributed by atoms with Crippen LogP contribution in [0.2, 0.25) is 0 Å². The van der Waals surface area contributed by atoms with E-state index in [0.717, 1.165) is 50.2 Å². The molecule has 0 amide bonds. The maximum atomic E-state index is 12.8. The number of likely N-dealkylation sites (tertiary alicyclic amines) is 1. The largest absolute Gasteiger partial charge is 0.416 e. The van der Waals surface area contributed by atoms with Crippen molar-refractivity contribution in [2.24, 2.45) is 22.0 Å². The molecule has 1 unspecified atom stereocenters. The monoisotopic (exact) mass is 480 g/mol. The van der Waals surface area contributed by atoms with E-state index in [4.69, 9.17) is 11.5 Å². The molecule has 0 bridgehead atoms. The molecule has 2 heterocycles. The van der Waals surface area contributed by atoms with Gasteiger partial charge < -0.3 is 21.3 Å². The number of nitrogens with two attached hydrogens (primary N) is 2. The van der Waals surface area contributed by atoms with Gasteiger partial charge in [0.2, 0.25) is 0 Å². The van der Waals surface area contributed by atoms with E-state index in [9.17, 15) is 13.2 Å². The van der Waals surface area contributed by atoms with Crippen molar-refractivity contribution in [2.75, 3.05) is 32.4 Å². The van der Waals surface area contributed by atoms with Gasteiger partial charge in [-0.05, 0) is 85.5 Å². The Bertz CT molecular complexity index is 929. The van der Waals surface area contributed by atoms with Gasteiger partial charge in [-0.25, -0.2) is 0 Å². The molecule has 180 valence electrons. The lowest BCUT2D eigenvalue weighted by molar-refractivity contribution is -0.137. The summed E-state index contributed by atoms with van der Waals surface area (Å²) >= 11 is 1.79. The van der Waals surface area contributed by atoms with Crippen molar-refractivity contribution in [1.82, 2.24) is 15.2 Å². The van der Waals surface area contributed by atoms with Gasteiger partial charge in [-0.3, -0.25) is 5.43 Å². The van der Waals surface area contributed by atoms with Gasteiger partial charge in [0.15, 0.2) is 11.3 Å². The first-order chi connectivity index (χ1) is 15.7. The van der Waals surface area contributed by atoms with Gasteiger partial charge in [0.1, 0.15) is 0 Å². The maximum Gasteiger partial charge on any atom is 0.416 e. The standard InChI is InChI=1S/C23H31F3N6S/c1-31-20(19(28)4-2-10-27)29-30-21(31)33-13-3-11-32-12-9-22(15-32)14-18(22)16-5-7-17(8-6-16)23(24,25)26/h2,4-8,10,18,21,30H,3,9,11-15,27-28H2,1H3/b10-2-,19-4-/t18-,21?,22-/m0/s1. The molecule has 1 saturated heterocycles. The third kappa shape index (κ3) is 5.27. The van der Waals surface area contributed by atoms with Crippen LogP contribution >= 0.6 is 11.8 Å². The predicted octanol–water partition coefficient (Wildman–Crippen LogP) is 3.46. The summed E-state index contributed by atoms with van der Waals surface area (Å²) in [4.78, 5) is 4.52. The van der Waals surface area contributed by atoms with Crippen molar-refractivity contribution in [3.8, 4) is 0 Å². The van der Waals surface area contributed by atoms with Gasteiger partial charge in [-0.15, -0.1) is 11.8 Å². The minimum absolute atomic E-state index is 0.0474. The van der Waals surface area contributed by atoms with Crippen molar-refractivity contribution in [3.63, 3.8) is 0 Å². The Morgan fingerprint density at radius 2 is 2.09 bits per heavy atom. The second-order valence-corrected chi connectivity index (χ2v) is 10.2.